The van der Waals surface area contributed by atoms with Crippen molar-refractivity contribution in [3.8, 4) is 0 Å². The van der Waals surface area contributed by atoms with Gasteiger partial charge in [-0.15, -0.1) is 12.4 Å². The second-order valence-corrected chi connectivity index (χ2v) is 8.47. The lowest BCUT2D eigenvalue weighted by atomic mass is 10.0. The molecular formula is C17H26ClN3O3S. The Kier molecular flexibility index (Phi) is 6.85. The topological polar surface area (TPSA) is 92.5 Å². The fourth-order valence-corrected chi connectivity index (χ4v) is 4.27. The molecule has 1 saturated carbocycles. The van der Waals surface area contributed by atoms with E-state index in [1.54, 1.807) is 17.0 Å². The van der Waals surface area contributed by atoms with E-state index in [2.05, 4.69) is 4.72 Å². The lowest BCUT2D eigenvalue weighted by Gasteiger charge is -2.35. The molecule has 1 aromatic rings. The minimum Gasteiger partial charge on any atom is -0.334 e. The maximum atomic E-state index is 12.8. The first-order valence-corrected chi connectivity index (χ1v) is 10.1. The molecule has 1 saturated heterocycles. The van der Waals surface area contributed by atoms with E-state index in [4.69, 9.17) is 5.73 Å². The summed E-state index contributed by atoms with van der Waals surface area (Å²) < 4.78 is 27.4. The zero-order valence-electron chi connectivity index (χ0n) is 14.2. The number of hydrogen-bond donors (Lipinski definition) is 2. The molecule has 1 aliphatic carbocycles. The van der Waals surface area contributed by atoms with Crippen LogP contribution in [0.15, 0.2) is 29.2 Å². The van der Waals surface area contributed by atoms with Crippen LogP contribution in [0.25, 0.3) is 0 Å². The van der Waals surface area contributed by atoms with Crippen molar-refractivity contribution in [1.29, 1.82) is 0 Å². The van der Waals surface area contributed by atoms with Crippen molar-refractivity contribution in [1.82, 2.24) is 9.62 Å². The Balaban J connectivity index is 0.00000225. The number of amides is 1. The highest BCUT2D eigenvalue weighted by molar-refractivity contribution is 7.89. The molecule has 1 atom stereocenters. The van der Waals surface area contributed by atoms with Gasteiger partial charge in [-0.2, -0.15) is 0 Å². The summed E-state index contributed by atoms with van der Waals surface area (Å²) in [7, 11) is -3.57. The molecule has 0 spiro atoms. The van der Waals surface area contributed by atoms with Crippen LogP contribution in [0, 0.1) is 5.92 Å². The second kappa shape index (κ2) is 8.49. The molecule has 2 fully saturated rings. The molecule has 2 aliphatic rings. The number of sulfonamides is 1. The van der Waals surface area contributed by atoms with Gasteiger partial charge in [0, 0.05) is 31.2 Å². The Morgan fingerprint density at radius 1 is 1.24 bits per heavy atom. The van der Waals surface area contributed by atoms with Crippen LogP contribution in [0.5, 0.6) is 0 Å². The van der Waals surface area contributed by atoms with Crippen LogP contribution in [-0.4, -0.2) is 44.9 Å². The second-order valence-electron chi connectivity index (χ2n) is 6.71. The van der Waals surface area contributed by atoms with Crippen molar-refractivity contribution < 1.29 is 13.2 Å². The van der Waals surface area contributed by atoms with Gasteiger partial charge in [0.15, 0.2) is 0 Å². The molecule has 0 bridgehead atoms. The van der Waals surface area contributed by atoms with Gasteiger partial charge in [-0.25, -0.2) is 13.1 Å². The van der Waals surface area contributed by atoms with E-state index >= 15 is 0 Å². The number of carbonyl (C=O) groups is 1. The van der Waals surface area contributed by atoms with Gasteiger partial charge in [-0.3, -0.25) is 4.79 Å². The molecule has 1 amide bonds. The van der Waals surface area contributed by atoms with E-state index in [0.717, 1.165) is 32.1 Å². The number of benzene rings is 1. The first kappa shape index (κ1) is 20.2. The Labute approximate surface area is 155 Å². The predicted molar refractivity (Wildman–Crippen MR) is 99.3 cm³/mol. The molecule has 0 radical (unpaired) electrons. The smallest absolute Gasteiger partial charge is 0.254 e. The largest absolute Gasteiger partial charge is 0.334 e. The minimum absolute atomic E-state index is 0. The average Bonchev–Trinajstić information content (AvgIpc) is 3.44. The number of piperidine rings is 1. The normalized spacial score (nSPS) is 20.8. The number of halogens is 1. The van der Waals surface area contributed by atoms with Gasteiger partial charge < -0.3 is 10.6 Å². The van der Waals surface area contributed by atoms with Crippen LogP contribution in [0.2, 0.25) is 0 Å². The SMILES string of the molecule is Cl.NCC1CCCCN1C(=O)c1cccc(S(=O)(=O)NCC2CC2)c1. The zero-order valence-corrected chi connectivity index (χ0v) is 15.8. The Bertz CT molecular complexity index is 707. The molecule has 8 heteroatoms. The molecule has 140 valence electrons. The maximum Gasteiger partial charge on any atom is 0.254 e. The highest BCUT2D eigenvalue weighted by Gasteiger charge is 2.28. The van der Waals surface area contributed by atoms with Gasteiger partial charge in [-0.05, 0) is 56.2 Å². The van der Waals surface area contributed by atoms with Crippen molar-refractivity contribution >= 4 is 28.3 Å². The number of hydrogen-bond acceptors (Lipinski definition) is 4. The summed E-state index contributed by atoms with van der Waals surface area (Å²) in [6.07, 6.45) is 5.10. The average molecular weight is 388 g/mol. The highest BCUT2D eigenvalue weighted by Crippen LogP contribution is 2.28. The van der Waals surface area contributed by atoms with E-state index in [-0.39, 0.29) is 29.3 Å². The van der Waals surface area contributed by atoms with Crippen LogP contribution in [0.4, 0.5) is 0 Å². The lowest BCUT2D eigenvalue weighted by Crippen LogP contribution is -2.47. The molecule has 6 nitrogen and oxygen atoms in total. The highest BCUT2D eigenvalue weighted by atomic mass is 35.5. The fraction of sp³-hybridized carbons (Fsp3) is 0.588. The van der Waals surface area contributed by atoms with Crippen LogP contribution in [-0.2, 0) is 10.0 Å². The summed E-state index contributed by atoms with van der Waals surface area (Å²) in [6, 6.07) is 6.34. The van der Waals surface area contributed by atoms with Crippen molar-refractivity contribution in [2.45, 2.75) is 43.0 Å². The van der Waals surface area contributed by atoms with Gasteiger partial charge in [0.1, 0.15) is 0 Å². The minimum atomic E-state index is -3.57. The van der Waals surface area contributed by atoms with Crippen molar-refractivity contribution in [3.63, 3.8) is 0 Å². The van der Waals surface area contributed by atoms with Crippen molar-refractivity contribution in [3.05, 3.63) is 29.8 Å². The third kappa shape index (κ3) is 4.94. The van der Waals surface area contributed by atoms with E-state index in [9.17, 15) is 13.2 Å². The number of nitrogens with one attached hydrogen (secondary N) is 1. The molecular weight excluding hydrogens is 362 g/mol. The van der Waals surface area contributed by atoms with Crippen molar-refractivity contribution in [2.75, 3.05) is 19.6 Å². The van der Waals surface area contributed by atoms with E-state index < -0.39 is 10.0 Å². The zero-order chi connectivity index (χ0) is 17.2. The summed E-state index contributed by atoms with van der Waals surface area (Å²) in [5, 5.41) is 0. The molecule has 0 aromatic heterocycles. The van der Waals surface area contributed by atoms with Crippen molar-refractivity contribution in [2.24, 2.45) is 11.7 Å². The number of likely N-dealkylation sites (tertiary alicyclic amines) is 1. The van der Waals surface area contributed by atoms with Gasteiger partial charge in [0.05, 0.1) is 4.90 Å². The predicted octanol–water partition coefficient (Wildman–Crippen LogP) is 1.75. The van der Waals surface area contributed by atoms with Gasteiger partial charge in [0.2, 0.25) is 10.0 Å². The van der Waals surface area contributed by atoms with Crippen LogP contribution >= 0.6 is 12.4 Å². The fourth-order valence-electron chi connectivity index (χ4n) is 3.11. The summed E-state index contributed by atoms with van der Waals surface area (Å²) in [5.74, 6) is 0.327. The first-order valence-electron chi connectivity index (χ1n) is 8.62. The van der Waals surface area contributed by atoms with Crippen LogP contribution < -0.4 is 10.5 Å². The summed E-state index contributed by atoms with van der Waals surface area (Å²) in [6.45, 7) is 1.59. The quantitative estimate of drug-likeness (QED) is 0.777. The number of nitrogens with zero attached hydrogens (tertiary/aromatic N) is 1. The molecule has 1 aliphatic heterocycles. The van der Waals surface area contributed by atoms with Crippen LogP contribution in [0.3, 0.4) is 0 Å². The molecule has 1 heterocycles. The number of carbonyl (C=O) groups excluding carboxylic acids is 1. The Morgan fingerprint density at radius 2 is 2.00 bits per heavy atom. The standard InChI is InChI=1S/C17H25N3O3S.ClH/c18-11-15-5-1-2-9-20(15)17(21)14-4-3-6-16(10-14)24(22,23)19-12-13-7-8-13;/h3-4,6,10,13,15,19H,1-2,5,7-9,11-12,18H2;1H. The monoisotopic (exact) mass is 387 g/mol. The molecule has 3 rings (SSSR count). The summed E-state index contributed by atoms with van der Waals surface area (Å²) in [4.78, 5) is 14.7. The number of nitrogens with two attached hydrogens (primary N) is 1. The van der Waals surface area contributed by atoms with Gasteiger partial charge in [-0.1, -0.05) is 6.07 Å². The van der Waals surface area contributed by atoms with E-state index in [1.807, 2.05) is 0 Å². The summed E-state index contributed by atoms with van der Waals surface area (Å²) >= 11 is 0. The third-order valence-electron chi connectivity index (χ3n) is 4.81. The lowest BCUT2D eigenvalue weighted by molar-refractivity contribution is 0.0623. The Hall–Kier alpha value is -1.15. The van der Waals surface area contributed by atoms with Gasteiger partial charge >= 0.3 is 0 Å². The van der Waals surface area contributed by atoms with Crippen LogP contribution in [0.1, 0.15) is 42.5 Å². The molecule has 3 N–H and O–H groups in total. The third-order valence-corrected chi connectivity index (χ3v) is 6.23. The Morgan fingerprint density at radius 3 is 2.68 bits per heavy atom. The maximum absolute atomic E-state index is 12.8. The molecule has 25 heavy (non-hydrogen) atoms. The molecule has 1 unspecified atom stereocenters. The van der Waals surface area contributed by atoms with E-state index in [0.29, 0.717) is 31.1 Å². The molecule has 1 aromatic carbocycles. The number of rotatable bonds is 6. The van der Waals surface area contributed by atoms with Gasteiger partial charge in [0.25, 0.3) is 5.91 Å². The van der Waals surface area contributed by atoms with E-state index in [1.165, 1.54) is 12.1 Å². The first-order chi connectivity index (χ1) is 11.5. The summed E-state index contributed by atoms with van der Waals surface area (Å²) in [5.41, 5.74) is 6.19.